The first-order valence-corrected chi connectivity index (χ1v) is 5.70. The Morgan fingerprint density at radius 1 is 1.40 bits per heavy atom. The molecule has 0 aromatic heterocycles. The van der Waals surface area contributed by atoms with Gasteiger partial charge in [0.2, 0.25) is 0 Å². The number of rotatable bonds is 2. The molecule has 1 atom stereocenters. The standard InChI is InChI=1S/C13H20N2/c1-15(2)9-10-5-3-7-12-11(10)6-4-8-13(12)14/h4,6,8,10H,3,5,7,9,14H2,1-2H3. The molecule has 82 valence electrons. The first-order chi connectivity index (χ1) is 7.18. The average molecular weight is 204 g/mol. The Bertz CT molecular complexity index is 344. The van der Waals surface area contributed by atoms with Crippen LogP contribution in [0.1, 0.15) is 29.9 Å². The zero-order valence-corrected chi connectivity index (χ0v) is 9.66. The van der Waals surface area contributed by atoms with Gasteiger partial charge in [0, 0.05) is 12.2 Å². The minimum absolute atomic E-state index is 0.673. The molecular weight excluding hydrogens is 184 g/mol. The smallest absolute Gasteiger partial charge is 0.0349 e. The molecule has 0 radical (unpaired) electrons. The molecule has 15 heavy (non-hydrogen) atoms. The second-order valence-electron chi connectivity index (χ2n) is 4.77. The minimum Gasteiger partial charge on any atom is -0.398 e. The predicted octanol–water partition coefficient (Wildman–Crippen LogP) is 2.25. The highest BCUT2D eigenvalue weighted by molar-refractivity contribution is 5.53. The van der Waals surface area contributed by atoms with Crippen LogP contribution in [0.25, 0.3) is 0 Å². The van der Waals surface area contributed by atoms with Crippen LogP contribution in [0.15, 0.2) is 18.2 Å². The van der Waals surface area contributed by atoms with Crippen molar-refractivity contribution in [2.45, 2.75) is 25.2 Å². The predicted molar refractivity (Wildman–Crippen MR) is 65.1 cm³/mol. The number of hydrogen-bond donors (Lipinski definition) is 1. The molecule has 2 nitrogen and oxygen atoms in total. The van der Waals surface area contributed by atoms with E-state index in [9.17, 15) is 0 Å². The summed E-state index contributed by atoms with van der Waals surface area (Å²) in [6.07, 6.45) is 3.74. The molecule has 0 heterocycles. The van der Waals surface area contributed by atoms with Crippen molar-refractivity contribution in [1.82, 2.24) is 4.90 Å². The third-order valence-corrected chi connectivity index (χ3v) is 3.25. The quantitative estimate of drug-likeness (QED) is 0.749. The molecule has 2 heteroatoms. The third kappa shape index (κ3) is 2.15. The number of fused-ring (bicyclic) bond motifs is 1. The van der Waals surface area contributed by atoms with E-state index in [2.05, 4.69) is 31.1 Å². The van der Waals surface area contributed by atoms with Gasteiger partial charge in [0.25, 0.3) is 0 Å². The summed E-state index contributed by atoms with van der Waals surface area (Å²) in [6, 6.07) is 6.36. The number of nitrogens with zero attached hydrogens (tertiary/aromatic N) is 1. The molecular formula is C13H20N2. The summed E-state index contributed by atoms with van der Waals surface area (Å²) in [4.78, 5) is 2.27. The maximum absolute atomic E-state index is 6.02. The van der Waals surface area contributed by atoms with Gasteiger partial charge in [0.15, 0.2) is 0 Å². The van der Waals surface area contributed by atoms with Gasteiger partial charge in [-0.25, -0.2) is 0 Å². The molecule has 1 aromatic carbocycles. The van der Waals surface area contributed by atoms with Crippen LogP contribution in [0.2, 0.25) is 0 Å². The van der Waals surface area contributed by atoms with Crippen LogP contribution in [-0.4, -0.2) is 25.5 Å². The highest BCUT2D eigenvalue weighted by Gasteiger charge is 2.21. The van der Waals surface area contributed by atoms with Crippen molar-refractivity contribution in [2.75, 3.05) is 26.4 Å². The van der Waals surface area contributed by atoms with E-state index in [4.69, 9.17) is 5.73 Å². The monoisotopic (exact) mass is 204 g/mol. The number of likely N-dealkylation sites (N-methyl/N-ethyl adjacent to an activating group) is 1. The lowest BCUT2D eigenvalue weighted by Gasteiger charge is -2.28. The first-order valence-electron chi connectivity index (χ1n) is 5.70. The van der Waals surface area contributed by atoms with Crippen LogP contribution in [0.5, 0.6) is 0 Å². The second kappa shape index (κ2) is 4.23. The zero-order chi connectivity index (χ0) is 10.8. The van der Waals surface area contributed by atoms with Crippen LogP contribution in [-0.2, 0) is 6.42 Å². The molecule has 1 aromatic rings. The fourth-order valence-corrected chi connectivity index (χ4v) is 2.61. The van der Waals surface area contributed by atoms with E-state index >= 15 is 0 Å². The number of nitrogen functional groups attached to an aromatic ring is 1. The Kier molecular flexibility index (Phi) is 2.96. The summed E-state index contributed by atoms with van der Waals surface area (Å²) in [6.45, 7) is 1.14. The van der Waals surface area contributed by atoms with Gasteiger partial charge in [-0.3, -0.25) is 0 Å². The van der Waals surface area contributed by atoms with Crippen LogP contribution >= 0.6 is 0 Å². The van der Waals surface area contributed by atoms with E-state index in [1.165, 1.54) is 24.0 Å². The van der Waals surface area contributed by atoms with Crippen molar-refractivity contribution in [3.8, 4) is 0 Å². The molecule has 0 saturated carbocycles. The maximum Gasteiger partial charge on any atom is 0.0349 e. The van der Waals surface area contributed by atoms with E-state index in [0.717, 1.165) is 18.7 Å². The Balaban J connectivity index is 2.30. The van der Waals surface area contributed by atoms with Crippen LogP contribution in [0.3, 0.4) is 0 Å². The Hall–Kier alpha value is -1.02. The Labute approximate surface area is 92.1 Å². The van der Waals surface area contributed by atoms with Gasteiger partial charge >= 0.3 is 0 Å². The van der Waals surface area contributed by atoms with Crippen molar-refractivity contribution in [3.05, 3.63) is 29.3 Å². The molecule has 0 bridgehead atoms. The molecule has 0 fully saturated rings. The summed E-state index contributed by atoms with van der Waals surface area (Å²) >= 11 is 0. The largest absolute Gasteiger partial charge is 0.398 e. The summed E-state index contributed by atoms with van der Waals surface area (Å²) in [5.74, 6) is 0.673. The van der Waals surface area contributed by atoms with Gasteiger partial charge in [-0.15, -0.1) is 0 Å². The van der Waals surface area contributed by atoms with Crippen LogP contribution < -0.4 is 5.73 Å². The third-order valence-electron chi connectivity index (χ3n) is 3.25. The fraction of sp³-hybridized carbons (Fsp3) is 0.538. The molecule has 0 saturated heterocycles. The normalized spacial score (nSPS) is 20.3. The molecule has 1 unspecified atom stereocenters. The summed E-state index contributed by atoms with van der Waals surface area (Å²) in [7, 11) is 4.28. The zero-order valence-electron chi connectivity index (χ0n) is 9.66. The highest BCUT2D eigenvalue weighted by atomic mass is 15.1. The molecule has 1 aliphatic rings. The van der Waals surface area contributed by atoms with E-state index < -0.39 is 0 Å². The lowest BCUT2D eigenvalue weighted by atomic mass is 9.82. The van der Waals surface area contributed by atoms with Gasteiger partial charge < -0.3 is 10.6 Å². The van der Waals surface area contributed by atoms with Crippen molar-refractivity contribution in [1.29, 1.82) is 0 Å². The van der Waals surface area contributed by atoms with Crippen molar-refractivity contribution in [2.24, 2.45) is 0 Å². The molecule has 2 rings (SSSR count). The van der Waals surface area contributed by atoms with E-state index in [1.54, 1.807) is 0 Å². The molecule has 2 N–H and O–H groups in total. The lowest BCUT2D eigenvalue weighted by Crippen LogP contribution is -2.23. The van der Waals surface area contributed by atoms with Crippen LogP contribution in [0, 0.1) is 0 Å². The molecule has 1 aliphatic carbocycles. The van der Waals surface area contributed by atoms with Gasteiger partial charge in [-0.2, -0.15) is 0 Å². The number of hydrogen-bond acceptors (Lipinski definition) is 2. The van der Waals surface area contributed by atoms with E-state index in [-0.39, 0.29) is 0 Å². The number of nitrogens with two attached hydrogens (primary N) is 1. The van der Waals surface area contributed by atoms with Gasteiger partial charge in [0.05, 0.1) is 0 Å². The second-order valence-corrected chi connectivity index (χ2v) is 4.77. The lowest BCUT2D eigenvalue weighted by molar-refractivity contribution is 0.352. The molecule has 0 spiro atoms. The minimum atomic E-state index is 0.673. The van der Waals surface area contributed by atoms with Gasteiger partial charge in [0.1, 0.15) is 0 Å². The molecule has 0 amide bonds. The SMILES string of the molecule is CN(C)CC1CCCc2c(N)cccc21. The Morgan fingerprint density at radius 3 is 2.93 bits per heavy atom. The number of benzene rings is 1. The van der Waals surface area contributed by atoms with Crippen molar-refractivity contribution < 1.29 is 0 Å². The fourth-order valence-electron chi connectivity index (χ4n) is 2.61. The van der Waals surface area contributed by atoms with E-state index in [0.29, 0.717) is 5.92 Å². The van der Waals surface area contributed by atoms with Crippen molar-refractivity contribution in [3.63, 3.8) is 0 Å². The van der Waals surface area contributed by atoms with Crippen LogP contribution in [0.4, 0.5) is 5.69 Å². The average Bonchev–Trinajstić information content (AvgIpc) is 2.19. The summed E-state index contributed by atoms with van der Waals surface area (Å²) < 4.78 is 0. The summed E-state index contributed by atoms with van der Waals surface area (Å²) in [5.41, 5.74) is 9.88. The Morgan fingerprint density at radius 2 is 2.20 bits per heavy atom. The summed E-state index contributed by atoms with van der Waals surface area (Å²) in [5, 5.41) is 0. The van der Waals surface area contributed by atoms with Crippen molar-refractivity contribution >= 4 is 5.69 Å². The highest BCUT2D eigenvalue weighted by Crippen LogP contribution is 2.34. The van der Waals surface area contributed by atoms with Gasteiger partial charge in [-0.05, 0) is 56.5 Å². The number of anilines is 1. The topological polar surface area (TPSA) is 29.3 Å². The maximum atomic E-state index is 6.02. The molecule has 0 aliphatic heterocycles. The van der Waals surface area contributed by atoms with Gasteiger partial charge in [-0.1, -0.05) is 12.1 Å². The first kappa shape index (κ1) is 10.5. The van der Waals surface area contributed by atoms with E-state index in [1.807, 2.05) is 6.07 Å².